The van der Waals surface area contributed by atoms with Crippen molar-refractivity contribution in [3.8, 4) is 0 Å². The summed E-state index contributed by atoms with van der Waals surface area (Å²) in [5.74, 6) is 0. The molecule has 0 bridgehead atoms. The minimum absolute atomic E-state index is 0.125. The summed E-state index contributed by atoms with van der Waals surface area (Å²) < 4.78 is 0. The molecule has 0 saturated heterocycles. The smallest absolute Gasteiger partial charge is 0.0847 e. The first-order chi connectivity index (χ1) is 8.00. The Kier molecular flexibility index (Phi) is 2.36. The lowest BCUT2D eigenvalue weighted by molar-refractivity contribution is 0.00157. The van der Waals surface area contributed by atoms with Crippen LogP contribution >= 0.6 is 0 Å². The molecular weight excluding hydrogens is 210 g/mol. The van der Waals surface area contributed by atoms with Crippen LogP contribution in [-0.2, 0) is 6.54 Å². The first kappa shape index (κ1) is 11.2. The molecule has 1 aromatic carbocycles. The van der Waals surface area contributed by atoms with Crippen LogP contribution in [0.25, 0.3) is 0 Å². The predicted molar refractivity (Wildman–Crippen MR) is 68.6 cm³/mol. The van der Waals surface area contributed by atoms with E-state index in [1.807, 2.05) is 0 Å². The van der Waals surface area contributed by atoms with E-state index in [9.17, 15) is 5.11 Å². The summed E-state index contributed by atoms with van der Waals surface area (Å²) in [7, 11) is 0. The van der Waals surface area contributed by atoms with Crippen LogP contribution in [0.3, 0.4) is 0 Å². The van der Waals surface area contributed by atoms with Gasteiger partial charge in [-0.15, -0.1) is 0 Å². The van der Waals surface area contributed by atoms with Gasteiger partial charge in [-0.3, -0.25) is 0 Å². The zero-order valence-corrected chi connectivity index (χ0v) is 10.7. The third-order valence-electron chi connectivity index (χ3n) is 4.42. The molecule has 2 heteroatoms. The predicted octanol–water partition coefficient (Wildman–Crippen LogP) is 2.77. The summed E-state index contributed by atoms with van der Waals surface area (Å²) in [4.78, 5) is 0. The quantitative estimate of drug-likeness (QED) is 0.779. The van der Waals surface area contributed by atoms with Crippen LogP contribution in [0, 0.1) is 5.41 Å². The second-order valence-electron chi connectivity index (χ2n) is 6.46. The fraction of sp³-hybridized carbons (Fsp3) is 0.600. The van der Waals surface area contributed by atoms with E-state index >= 15 is 0 Å². The van der Waals surface area contributed by atoms with Crippen molar-refractivity contribution in [1.29, 1.82) is 0 Å². The summed E-state index contributed by atoms with van der Waals surface area (Å²) in [6.45, 7) is 5.40. The molecule has 2 aliphatic rings. The maximum atomic E-state index is 10.9. The Morgan fingerprint density at radius 1 is 1.24 bits per heavy atom. The molecule has 2 N–H and O–H groups in total. The van der Waals surface area contributed by atoms with Crippen molar-refractivity contribution < 1.29 is 5.11 Å². The lowest BCUT2D eigenvalue weighted by Crippen LogP contribution is -2.39. The van der Waals surface area contributed by atoms with Crippen LogP contribution in [0.2, 0.25) is 0 Å². The zero-order chi connectivity index (χ0) is 12.1. The van der Waals surface area contributed by atoms with Gasteiger partial charge in [0.15, 0.2) is 0 Å². The summed E-state index contributed by atoms with van der Waals surface area (Å²) >= 11 is 0. The molecular formula is C15H21NO. The van der Waals surface area contributed by atoms with Crippen LogP contribution in [0.4, 0.5) is 0 Å². The van der Waals surface area contributed by atoms with Gasteiger partial charge in [0, 0.05) is 6.54 Å². The van der Waals surface area contributed by atoms with Crippen molar-refractivity contribution in [3.05, 3.63) is 35.4 Å². The molecule has 92 valence electrons. The number of hydrogen-bond acceptors (Lipinski definition) is 2. The van der Waals surface area contributed by atoms with E-state index in [0.29, 0.717) is 0 Å². The van der Waals surface area contributed by atoms with Gasteiger partial charge >= 0.3 is 0 Å². The minimum Gasteiger partial charge on any atom is -0.388 e. The van der Waals surface area contributed by atoms with Crippen molar-refractivity contribution in [3.63, 3.8) is 0 Å². The number of rotatable bonds is 1. The van der Waals surface area contributed by atoms with E-state index in [-0.39, 0.29) is 11.5 Å². The van der Waals surface area contributed by atoms with Gasteiger partial charge in [0.25, 0.3) is 0 Å². The van der Waals surface area contributed by atoms with E-state index in [1.54, 1.807) is 0 Å². The lowest BCUT2D eigenvalue weighted by Gasteiger charge is -2.32. The molecule has 1 aliphatic carbocycles. The second kappa shape index (κ2) is 3.56. The number of benzene rings is 1. The van der Waals surface area contributed by atoms with Crippen LogP contribution in [-0.4, -0.2) is 10.7 Å². The maximum absolute atomic E-state index is 10.9. The standard InChI is InChI=1S/C15H21NO/c1-14(2)7-8-15(17,10-14)13-12-6-4-3-5-11(12)9-16-13/h3-6,13,16-17H,7-10H2,1-2H3. The first-order valence-electron chi connectivity index (χ1n) is 6.54. The molecule has 2 unspecified atom stereocenters. The molecule has 1 heterocycles. The third kappa shape index (κ3) is 1.80. The molecule has 1 saturated carbocycles. The fourth-order valence-electron chi connectivity index (χ4n) is 3.58. The molecule has 2 atom stereocenters. The van der Waals surface area contributed by atoms with E-state index in [1.165, 1.54) is 11.1 Å². The summed E-state index contributed by atoms with van der Waals surface area (Å²) in [6, 6.07) is 8.59. The van der Waals surface area contributed by atoms with Crippen molar-refractivity contribution in [2.75, 3.05) is 0 Å². The Morgan fingerprint density at radius 3 is 2.71 bits per heavy atom. The summed E-state index contributed by atoms with van der Waals surface area (Å²) in [5.41, 5.74) is 2.35. The molecule has 1 aliphatic heterocycles. The molecule has 0 radical (unpaired) electrons. The molecule has 1 fully saturated rings. The van der Waals surface area contributed by atoms with Crippen molar-refractivity contribution >= 4 is 0 Å². The largest absolute Gasteiger partial charge is 0.388 e. The second-order valence-corrected chi connectivity index (χ2v) is 6.46. The number of aliphatic hydroxyl groups is 1. The van der Waals surface area contributed by atoms with Gasteiger partial charge in [-0.25, -0.2) is 0 Å². The highest BCUT2D eigenvalue weighted by molar-refractivity contribution is 5.36. The first-order valence-corrected chi connectivity index (χ1v) is 6.54. The third-order valence-corrected chi connectivity index (χ3v) is 4.42. The molecule has 17 heavy (non-hydrogen) atoms. The average molecular weight is 231 g/mol. The number of nitrogens with one attached hydrogen (secondary N) is 1. The van der Waals surface area contributed by atoms with Gasteiger partial charge in [-0.05, 0) is 35.8 Å². The van der Waals surface area contributed by atoms with Crippen LogP contribution in [0.15, 0.2) is 24.3 Å². The fourth-order valence-corrected chi connectivity index (χ4v) is 3.58. The normalized spacial score (nSPS) is 34.9. The summed E-state index contributed by atoms with van der Waals surface area (Å²) in [5, 5.41) is 14.4. The van der Waals surface area contributed by atoms with E-state index in [4.69, 9.17) is 0 Å². The SMILES string of the molecule is CC1(C)CCC(O)(C2NCc3ccccc32)C1. The van der Waals surface area contributed by atoms with Gasteiger partial charge in [0.2, 0.25) is 0 Å². The zero-order valence-electron chi connectivity index (χ0n) is 10.7. The molecule has 0 spiro atoms. The Bertz CT molecular complexity index is 440. The average Bonchev–Trinajstić information content (AvgIpc) is 2.81. The Balaban J connectivity index is 1.92. The van der Waals surface area contributed by atoms with Crippen molar-refractivity contribution in [2.24, 2.45) is 5.41 Å². The summed E-state index contributed by atoms with van der Waals surface area (Å²) in [6.07, 6.45) is 2.92. The molecule has 2 nitrogen and oxygen atoms in total. The van der Waals surface area contributed by atoms with Crippen LogP contribution in [0.1, 0.15) is 50.3 Å². The highest BCUT2D eigenvalue weighted by Crippen LogP contribution is 2.50. The Morgan fingerprint density at radius 2 is 2.00 bits per heavy atom. The lowest BCUT2D eigenvalue weighted by atomic mass is 9.83. The Labute approximate surface area is 103 Å². The van der Waals surface area contributed by atoms with Gasteiger partial charge in [-0.2, -0.15) is 0 Å². The minimum atomic E-state index is -0.559. The highest BCUT2D eigenvalue weighted by atomic mass is 16.3. The van der Waals surface area contributed by atoms with E-state index in [0.717, 1.165) is 25.8 Å². The molecule has 0 amide bonds. The number of hydrogen-bond donors (Lipinski definition) is 2. The topological polar surface area (TPSA) is 32.3 Å². The van der Waals surface area contributed by atoms with Gasteiger partial charge in [0.1, 0.15) is 0 Å². The Hall–Kier alpha value is -0.860. The van der Waals surface area contributed by atoms with Gasteiger partial charge in [0.05, 0.1) is 11.6 Å². The molecule has 3 rings (SSSR count). The van der Waals surface area contributed by atoms with Crippen molar-refractivity contribution in [1.82, 2.24) is 5.32 Å². The van der Waals surface area contributed by atoms with Gasteiger partial charge in [-0.1, -0.05) is 38.1 Å². The highest BCUT2D eigenvalue weighted by Gasteiger charge is 2.48. The number of fused-ring (bicyclic) bond motifs is 1. The van der Waals surface area contributed by atoms with E-state index in [2.05, 4.69) is 43.4 Å². The van der Waals surface area contributed by atoms with E-state index < -0.39 is 5.60 Å². The maximum Gasteiger partial charge on any atom is 0.0847 e. The molecule has 1 aromatic rings. The van der Waals surface area contributed by atoms with Crippen LogP contribution < -0.4 is 5.32 Å². The van der Waals surface area contributed by atoms with Crippen LogP contribution in [0.5, 0.6) is 0 Å². The monoisotopic (exact) mass is 231 g/mol. The molecule has 0 aromatic heterocycles. The van der Waals surface area contributed by atoms with Crippen molar-refractivity contribution in [2.45, 2.75) is 51.3 Å². The van der Waals surface area contributed by atoms with Gasteiger partial charge < -0.3 is 10.4 Å².